The van der Waals surface area contributed by atoms with E-state index in [9.17, 15) is 4.79 Å². The van der Waals surface area contributed by atoms with Gasteiger partial charge in [-0.15, -0.1) is 5.10 Å². The van der Waals surface area contributed by atoms with Crippen molar-refractivity contribution in [2.45, 2.75) is 19.4 Å². The zero-order chi connectivity index (χ0) is 15.5. The van der Waals surface area contributed by atoms with Gasteiger partial charge in [-0.25, -0.2) is 4.68 Å². The number of aryl methyl sites for hydroxylation is 1. The highest BCUT2D eigenvalue weighted by Gasteiger charge is 2.15. The predicted molar refractivity (Wildman–Crippen MR) is 83.0 cm³/mol. The first-order valence-electron chi connectivity index (χ1n) is 7.13. The van der Waals surface area contributed by atoms with Crippen molar-refractivity contribution in [3.8, 4) is 0 Å². The Bertz CT molecular complexity index is 811. The van der Waals surface area contributed by atoms with Gasteiger partial charge >= 0.3 is 0 Å². The monoisotopic (exact) mass is 295 g/mol. The second-order valence-corrected chi connectivity index (χ2v) is 5.31. The molecule has 0 aliphatic heterocycles. The molecule has 0 spiro atoms. The van der Waals surface area contributed by atoms with Gasteiger partial charge in [0.2, 0.25) is 5.91 Å². The highest BCUT2D eigenvalue weighted by Crippen LogP contribution is 2.16. The van der Waals surface area contributed by atoms with E-state index in [2.05, 4.69) is 26.9 Å². The quantitative estimate of drug-likeness (QED) is 0.796. The molecule has 6 heteroatoms. The minimum atomic E-state index is -0.229. The lowest BCUT2D eigenvalue weighted by Gasteiger charge is -2.12. The van der Waals surface area contributed by atoms with E-state index in [1.165, 1.54) is 5.39 Å². The number of rotatable bonds is 4. The first-order chi connectivity index (χ1) is 10.6. The summed E-state index contributed by atoms with van der Waals surface area (Å²) in [4.78, 5) is 12.2. The minimum absolute atomic E-state index is 0.0502. The van der Waals surface area contributed by atoms with Crippen LogP contribution in [0, 0.1) is 0 Å². The van der Waals surface area contributed by atoms with Crippen molar-refractivity contribution >= 4 is 16.7 Å². The van der Waals surface area contributed by atoms with E-state index in [1.807, 2.05) is 43.3 Å². The van der Waals surface area contributed by atoms with Crippen LogP contribution in [0.15, 0.2) is 42.5 Å². The molecule has 3 rings (SSSR count). The SMILES string of the molecule is C[C@H](NC(=O)Cc1ccc2ccccc2c1)c1nnnn1C. The number of hydrogen-bond acceptors (Lipinski definition) is 4. The molecule has 1 atom stereocenters. The van der Waals surface area contributed by atoms with E-state index in [4.69, 9.17) is 0 Å². The van der Waals surface area contributed by atoms with Crippen molar-refractivity contribution in [3.05, 3.63) is 53.9 Å². The first kappa shape index (κ1) is 14.2. The van der Waals surface area contributed by atoms with Crippen LogP contribution < -0.4 is 5.32 Å². The molecule has 22 heavy (non-hydrogen) atoms. The second-order valence-electron chi connectivity index (χ2n) is 5.31. The standard InChI is InChI=1S/C16H17N5O/c1-11(16-18-19-20-21(16)2)17-15(22)10-12-7-8-13-5-3-4-6-14(13)9-12/h3-9,11H,10H2,1-2H3,(H,17,22)/t11-/m0/s1. The average molecular weight is 295 g/mol. The first-order valence-corrected chi connectivity index (χ1v) is 7.13. The number of nitrogens with zero attached hydrogens (tertiary/aromatic N) is 4. The Balaban J connectivity index is 1.69. The Hall–Kier alpha value is -2.76. The third-order valence-corrected chi connectivity index (χ3v) is 3.60. The molecular formula is C16H17N5O. The number of aromatic nitrogens is 4. The van der Waals surface area contributed by atoms with Gasteiger partial charge in [-0.2, -0.15) is 0 Å². The fourth-order valence-corrected chi connectivity index (χ4v) is 2.49. The lowest BCUT2D eigenvalue weighted by Crippen LogP contribution is -2.29. The molecule has 2 aromatic carbocycles. The lowest BCUT2D eigenvalue weighted by molar-refractivity contribution is -0.121. The Kier molecular flexibility index (Phi) is 3.82. The number of fused-ring (bicyclic) bond motifs is 1. The molecule has 0 aliphatic carbocycles. The molecule has 1 heterocycles. The van der Waals surface area contributed by atoms with Crippen molar-refractivity contribution in [2.24, 2.45) is 7.05 Å². The summed E-state index contributed by atoms with van der Waals surface area (Å²) >= 11 is 0. The largest absolute Gasteiger partial charge is 0.346 e. The number of nitrogens with one attached hydrogen (secondary N) is 1. The zero-order valence-electron chi connectivity index (χ0n) is 12.5. The number of carbonyl (C=O) groups is 1. The van der Waals surface area contributed by atoms with Crippen LogP contribution >= 0.6 is 0 Å². The van der Waals surface area contributed by atoms with Crippen LogP contribution in [0.1, 0.15) is 24.4 Å². The number of tetrazole rings is 1. The highest BCUT2D eigenvalue weighted by molar-refractivity contribution is 5.85. The Morgan fingerprint density at radius 1 is 1.23 bits per heavy atom. The number of amides is 1. The molecule has 1 aromatic heterocycles. The van der Waals surface area contributed by atoms with Gasteiger partial charge < -0.3 is 5.32 Å². The molecule has 1 N–H and O–H groups in total. The smallest absolute Gasteiger partial charge is 0.224 e. The molecule has 112 valence electrons. The van der Waals surface area contributed by atoms with Crippen molar-refractivity contribution in [1.29, 1.82) is 0 Å². The molecule has 0 fully saturated rings. The maximum absolute atomic E-state index is 12.2. The summed E-state index contributed by atoms with van der Waals surface area (Å²) in [6.45, 7) is 1.87. The molecular weight excluding hydrogens is 278 g/mol. The minimum Gasteiger partial charge on any atom is -0.346 e. The summed E-state index contributed by atoms with van der Waals surface area (Å²) in [5.41, 5.74) is 0.986. The molecule has 1 amide bonds. The topological polar surface area (TPSA) is 72.7 Å². The van der Waals surface area contributed by atoms with E-state index in [0.717, 1.165) is 10.9 Å². The van der Waals surface area contributed by atoms with Crippen molar-refractivity contribution in [1.82, 2.24) is 25.5 Å². The van der Waals surface area contributed by atoms with Crippen LogP contribution in [-0.4, -0.2) is 26.1 Å². The number of hydrogen-bond donors (Lipinski definition) is 1. The van der Waals surface area contributed by atoms with Crippen LogP contribution in [0.4, 0.5) is 0 Å². The predicted octanol–water partition coefficient (Wildman–Crippen LogP) is 1.78. The molecule has 0 saturated carbocycles. The summed E-state index contributed by atoms with van der Waals surface area (Å²) in [5.74, 6) is 0.581. The fourth-order valence-electron chi connectivity index (χ4n) is 2.49. The van der Waals surface area contributed by atoms with Gasteiger partial charge in [0, 0.05) is 7.05 Å². The van der Waals surface area contributed by atoms with Gasteiger partial charge in [-0.05, 0) is 33.7 Å². The molecule has 0 aliphatic rings. The Labute approximate surface area is 128 Å². The maximum Gasteiger partial charge on any atom is 0.224 e. The lowest BCUT2D eigenvalue weighted by atomic mass is 10.0. The summed E-state index contributed by atoms with van der Waals surface area (Å²) in [6, 6.07) is 13.9. The van der Waals surface area contributed by atoms with Gasteiger partial charge in [0.1, 0.15) is 0 Å². The van der Waals surface area contributed by atoms with Gasteiger partial charge in [-0.1, -0.05) is 42.5 Å². The summed E-state index contributed by atoms with van der Waals surface area (Å²) < 4.78 is 1.56. The average Bonchev–Trinajstić information content (AvgIpc) is 2.93. The van der Waals surface area contributed by atoms with Crippen LogP contribution in [0.3, 0.4) is 0 Å². The number of benzene rings is 2. The van der Waals surface area contributed by atoms with Crippen LogP contribution in [-0.2, 0) is 18.3 Å². The fraction of sp³-hybridized carbons (Fsp3) is 0.250. The molecule has 0 unspecified atom stereocenters. The van der Waals surface area contributed by atoms with Crippen molar-refractivity contribution in [2.75, 3.05) is 0 Å². The number of carbonyl (C=O) groups excluding carboxylic acids is 1. The summed E-state index contributed by atoms with van der Waals surface area (Å²) in [5, 5.41) is 16.5. The third-order valence-electron chi connectivity index (χ3n) is 3.60. The van der Waals surface area contributed by atoms with E-state index < -0.39 is 0 Å². The normalized spacial score (nSPS) is 12.3. The molecule has 0 saturated heterocycles. The zero-order valence-corrected chi connectivity index (χ0v) is 12.5. The van der Waals surface area contributed by atoms with Gasteiger partial charge in [0.15, 0.2) is 5.82 Å². The maximum atomic E-state index is 12.2. The molecule has 6 nitrogen and oxygen atoms in total. The summed E-state index contributed by atoms with van der Waals surface area (Å²) in [7, 11) is 1.75. The van der Waals surface area contributed by atoms with Gasteiger partial charge in [0.25, 0.3) is 0 Å². The van der Waals surface area contributed by atoms with E-state index >= 15 is 0 Å². The van der Waals surface area contributed by atoms with Crippen molar-refractivity contribution < 1.29 is 4.79 Å². The summed E-state index contributed by atoms with van der Waals surface area (Å²) in [6.07, 6.45) is 0.334. The molecule has 3 aromatic rings. The highest BCUT2D eigenvalue weighted by atomic mass is 16.1. The van der Waals surface area contributed by atoms with E-state index in [-0.39, 0.29) is 11.9 Å². The Morgan fingerprint density at radius 3 is 2.73 bits per heavy atom. The van der Waals surface area contributed by atoms with Gasteiger partial charge in [0.05, 0.1) is 12.5 Å². The second kappa shape index (κ2) is 5.93. The third kappa shape index (κ3) is 2.95. The van der Waals surface area contributed by atoms with Crippen molar-refractivity contribution in [3.63, 3.8) is 0 Å². The molecule has 0 bridgehead atoms. The van der Waals surface area contributed by atoms with E-state index in [1.54, 1.807) is 11.7 Å². The van der Waals surface area contributed by atoms with Gasteiger partial charge in [-0.3, -0.25) is 4.79 Å². The Morgan fingerprint density at radius 2 is 2.00 bits per heavy atom. The van der Waals surface area contributed by atoms with Crippen LogP contribution in [0.5, 0.6) is 0 Å². The van der Waals surface area contributed by atoms with Crippen LogP contribution in [0.25, 0.3) is 10.8 Å². The molecule has 0 radical (unpaired) electrons. The van der Waals surface area contributed by atoms with E-state index in [0.29, 0.717) is 12.2 Å². The van der Waals surface area contributed by atoms with Crippen LogP contribution in [0.2, 0.25) is 0 Å².